The third-order valence-electron chi connectivity index (χ3n) is 5.14. The van der Waals surface area contributed by atoms with E-state index in [0.29, 0.717) is 24.1 Å². The Labute approximate surface area is 149 Å². The summed E-state index contributed by atoms with van der Waals surface area (Å²) in [6.45, 7) is 3.45. The molecular formula is C20H19F2NO3. The van der Waals surface area contributed by atoms with Gasteiger partial charge < -0.3 is 10.4 Å². The van der Waals surface area contributed by atoms with Crippen LogP contribution in [0.15, 0.2) is 30.3 Å². The molecule has 6 heteroatoms. The topological polar surface area (TPSA) is 66.4 Å². The summed E-state index contributed by atoms with van der Waals surface area (Å²) in [5.74, 6) is -2.92. The third kappa shape index (κ3) is 2.96. The predicted octanol–water partition coefficient (Wildman–Crippen LogP) is 4.34. The van der Waals surface area contributed by atoms with Crippen molar-refractivity contribution in [1.29, 1.82) is 0 Å². The first-order valence-corrected chi connectivity index (χ1v) is 8.36. The standard InChI is InChI=1S/C20H19F2NO3/c1-11-8-12(2)17(10-14(11)18(24)25)23-19(26)20(6-3-7-20)15-5-4-13(21)9-16(15)22/h4-5,8-10H,3,6-7H2,1-2H3,(H,23,26)(H,24,25). The summed E-state index contributed by atoms with van der Waals surface area (Å²) in [5.41, 5.74) is 0.906. The minimum atomic E-state index is -1.08. The molecule has 2 aromatic carbocycles. The lowest BCUT2D eigenvalue weighted by atomic mass is 9.63. The highest BCUT2D eigenvalue weighted by Gasteiger charge is 2.47. The monoisotopic (exact) mass is 359 g/mol. The molecule has 26 heavy (non-hydrogen) atoms. The number of carboxylic acids is 1. The van der Waals surface area contributed by atoms with Crippen molar-refractivity contribution in [2.24, 2.45) is 0 Å². The molecule has 1 saturated carbocycles. The lowest BCUT2D eigenvalue weighted by molar-refractivity contribution is -0.124. The zero-order valence-corrected chi connectivity index (χ0v) is 14.5. The summed E-state index contributed by atoms with van der Waals surface area (Å²) < 4.78 is 27.5. The van der Waals surface area contributed by atoms with Gasteiger partial charge in [0.15, 0.2) is 0 Å². The molecule has 1 aliphatic rings. The fourth-order valence-corrected chi connectivity index (χ4v) is 3.49. The van der Waals surface area contributed by atoms with Crippen molar-refractivity contribution in [3.63, 3.8) is 0 Å². The Kier molecular flexibility index (Phi) is 4.52. The van der Waals surface area contributed by atoms with Gasteiger partial charge in [0.1, 0.15) is 11.6 Å². The minimum absolute atomic E-state index is 0.0986. The van der Waals surface area contributed by atoms with Crippen LogP contribution >= 0.6 is 0 Å². The highest BCUT2D eigenvalue weighted by atomic mass is 19.1. The second-order valence-electron chi connectivity index (χ2n) is 6.80. The number of carbonyl (C=O) groups is 2. The average Bonchev–Trinajstić information content (AvgIpc) is 2.50. The zero-order chi connectivity index (χ0) is 19.1. The van der Waals surface area contributed by atoms with E-state index in [4.69, 9.17) is 0 Å². The van der Waals surface area contributed by atoms with Crippen LogP contribution in [0, 0.1) is 25.5 Å². The summed E-state index contributed by atoms with van der Waals surface area (Å²) in [6, 6.07) is 6.34. The fraction of sp³-hybridized carbons (Fsp3) is 0.300. The van der Waals surface area contributed by atoms with Crippen LogP contribution in [0.4, 0.5) is 14.5 Å². The Bertz CT molecular complexity index is 904. The van der Waals surface area contributed by atoms with Gasteiger partial charge in [0.25, 0.3) is 0 Å². The van der Waals surface area contributed by atoms with E-state index in [1.807, 2.05) is 0 Å². The first-order valence-electron chi connectivity index (χ1n) is 8.36. The van der Waals surface area contributed by atoms with Crippen LogP contribution in [-0.4, -0.2) is 17.0 Å². The first-order chi connectivity index (χ1) is 12.2. The van der Waals surface area contributed by atoms with Gasteiger partial charge in [0.05, 0.1) is 11.0 Å². The highest BCUT2D eigenvalue weighted by Crippen LogP contribution is 2.45. The molecular weight excluding hydrogens is 340 g/mol. The van der Waals surface area contributed by atoms with E-state index >= 15 is 0 Å². The summed E-state index contributed by atoms with van der Waals surface area (Å²) in [5, 5.41) is 12.0. The van der Waals surface area contributed by atoms with E-state index in [9.17, 15) is 23.5 Å². The number of carboxylic acid groups (broad SMARTS) is 1. The number of aryl methyl sites for hydroxylation is 2. The zero-order valence-electron chi connectivity index (χ0n) is 14.5. The molecule has 0 saturated heterocycles. The molecule has 2 N–H and O–H groups in total. The van der Waals surface area contributed by atoms with E-state index in [1.54, 1.807) is 19.9 Å². The number of hydrogen-bond donors (Lipinski definition) is 2. The molecule has 0 heterocycles. The van der Waals surface area contributed by atoms with Crippen LogP contribution in [0.3, 0.4) is 0 Å². The number of halogens is 2. The molecule has 136 valence electrons. The van der Waals surface area contributed by atoms with E-state index in [0.717, 1.165) is 24.1 Å². The Balaban J connectivity index is 1.96. The van der Waals surface area contributed by atoms with Gasteiger partial charge in [-0.25, -0.2) is 13.6 Å². The maximum absolute atomic E-state index is 14.3. The van der Waals surface area contributed by atoms with Gasteiger partial charge in [0, 0.05) is 17.3 Å². The Morgan fingerprint density at radius 1 is 1.08 bits per heavy atom. The smallest absolute Gasteiger partial charge is 0.336 e. The van der Waals surface area contributed by atoms with Crippen LogP contribution in [0.25, 0.3) is 0 Å². The second-order valence-corrected chi connectivity index (χ2v) is 6.80. The van der Waals surface area contributed by atoms with Crippen molar-refractivity contribution in [1.82, 2.24) is 0 Å². The van der Waals surface area contributed by atoms with E-state index in [1.165, 1.54) is 12.1 Å². The Hall–Kier alpha value is -2.76. The van der Waals surface area contributed by atoms with Gasteiger partial charge in [-0.05, 0) is 49.9 Å². The van der Waals surface area contributed by atoms with Gasteiger partial charge >= 0.3 is 5.97 Å². The number of aromatic carboxylic acids is 1. The maximum Gasteiger partial charge on any atom is 0.336 e. The summed E-state index contributed by atoms with van der Waals surface area (Å²) in [4.78, 5) is 24.3. The maximum atomic E-state index is 14.3. The van der Waals surface area contributed by atoms with Gasteiger partial charge in [0.2, 0.25) is 5.91 Å². The Morgan fingerprint density at radius 3 is 2.31 bits per heavy atom. The molecule has 1 amide bonds. The number of carbonyl (C=O) groups excluding carboxylic acids is 1. The summed E-state index contributed by atoms with van der Waals surface area (Å²) in [7, 11) is 0. The van der Waals surface area contributed by atoms with Crippen LogP contribution in [0.2, 0.25) is 0 Å². The molecule has 0 unspecified atom stereocenters. The molecule has 4 nitrogen and oxygen atoms in total. The minimum Gasteiger partial charge on any atom is -0.478 e. The van der Waals surface area contributed by atoms with Crippen molar-refractivity contribution in [3.8, 4) is 0 Å². The van der Waals surface area contributed by atoms with Gasteiger partial charge in [-0.15, -0.1) is 0 Å². The van der Waals surface area contributed by atoms with Crippen molar-refractivity contribution < 1.29 is 23.5 Å². The molecule has 0 bridgehead atoms. The third-order valence-corrected chi connectivity index (χ3v) is 5.14. The molecule has 1 fully saturated rings. The molecule has 0 aromatic heterocycles. The van der Waals surface area contributed by atoms with Gasteiger partial charge in [-0.1, -0.05) is 18.6 Å². The van der Waals surface area contributed by atoms with Crippen LogP contribution in [-0.2, 0) is 10.2 Å². The Morgan fingerprint density at radius 2 is 1.77 bits per heavy atom. The predicted molar refractivity (Wildman–Crippen MR) is 93.4 cm³/mol. The van der Waals surface area contributed by atoms with E-state index in [2.05, 4.69) is 5.32 Å². The summed E-state index contributed by atoms with van der Waals surface area (Å²) >= 11 is 0. The highest BCUT2D eigenvalue weighted by molar-refractivity contribution is 6.01. The average molecular weight is 359 g/mol. The van der Waals surface area contributed by atoms with Crippen molar-refractivity contribution >= 4 is 17.6 Å². The number of hydrogen-bond acceptors (Lipinski definition) is 2. The normalized spacial score (nSPS) is 15.2. The largest absolute Gasteiger partial charge is 0.478 e. The number of benzene rings is 2. The fourth-order valence-electron chi connectivity index (χ4n) is 3.49. The molecule has 0 atom stereocenters. The number of nitrogens with one attached hydrogen (secondary N) is 1. The molecule has 2 aromatic rings. The number of amides is 1. The van der Waals surface area contributed by atoms with Gasteiger partial charge in [-0.2, -0.15) is 0 Å². The van der Waals surface area contributed by atoms with Crippen LogP contribution in [0.1, 0.15) is 46.3 Å². The quantitative estimate of drug-likeness (QED) is 0.853. The van der Waals surface area contributed by atoms with Crippen LogP contribution < -0.4 is 5.32 Å². The van der Waals surface area contributed by atoms with Crippen molar-refractivity contribution in [2.75, 3.05) is 5.32 Å². The van der Waals surface area contributed by atoms with Crippen LogP contribution in [0.5, 0.6) is 0 Å². The lowest BCUT2D eigenvalue weighted by Gasteiger charge is -2.41. The lowest BCUT2D eigenvalue weighted by Crippen LogP contribution is -2.46. The van der Waals surface area contributed by atoms with E-state index < -0.39 is 28.9 Å². The molecule has 3 rings (SSSR count). The molecule has 0 aliphatic heterocycles. The number of anilines is 1. The SMILES string of the molecule is Cc1cc(C)c(C(=O)O)cc1NC(=O)C1(c2ccc(F)cc2F)CCC1. The van der Waals surface area contributed by atoms with E-state index in [-0.39, 0.29) is 11.1 Å². The number of rotatable bonds is 4. The first kappa shape index (κ1) is 18.0. The summed E-state index contributed by atoms with van der Waals surface area (Å²) in [6.07, 6.45) is 1.67. The molecule has 0 radical (unpaired) electrons. The molecule has 0 spiro atoms. The van der Waals surface area contributed by atoms with Crippen molar-refractivity contribution in [3.05, 3.63) is 64.2 Å². The van der Waals surface area contributed by atoms with Gasteiger partial charge in [-0.3, -0.25) is 4.79 Å². The second kappa shape index (κ2) is 6.52. The van der Waals surface area contributed by atoms with Crippen molar-refractivity contribution in [2.45, 2.75) is 38.5 Å². The molecule has 1 aliphatic carbocycles.